The van der Waals surface area contributed by atoms with E-state index in [9.17, 15) is 5.11 Å². The quantitative estimate of drug-likeness (QED) is 0.185. The van der Waals surface area contributed by atoms with Gasteiger partial charge in [0.15, 0.2) is 0 Å². The zero-order valence-electron chi connectivity index (χ0n) is 33.4. The van der Waals surface area contributed by atoms with Crippen LogP contribution in [0.2, 0.25) is 0 Å². The number of rotatable bonds is 6. The molecule has 1 N–H and O–H groups in total. The number of aromatic hydroxyl groups is 1. The fraction of sp³-hybridized carbons (Fsp3) is 0.280. The van der Waals surface area contributed by atoms with Crippen molar-refractivity contribution in [2.75, 3.05) is 0 Å². The van der Waals surface area contributed by atoms with Crippen LogP contribution in [0, 0.1) is 0 Å². The molecule has 274 valence electrons. The van der Waals surface area contributed by atoms with Crippen molar-refractivity contribution in [3.05, 3.63) is 149 Å². The molecule has 1 unspecified atom stereocenters. The van der Waals surface area contributed by atoms with E-state index >= 15 is 0 Å². The Labute approximate surface area is 325 Å². The fourth-order valence-electron chi connectivity index (χ4n) is 7.13. The first-order valence-corrected chi connectivity index (χ1v) is 19.8. The van der Waals surface area contributed by atoms with Crippen LogP contribution in [0.3, 0.4) is 0 Å². The van der Waals surface area contributed by atoms with E-state index in [1.165, 1.54) is 27.8 Å². The number of hydrogen-bond donors (Lipinski definition) is 1. The lowest BCUT2D eigenvalue weighted by Crippen LogP contribution is -2.17. The summed E-state index contributed by atoms with van der Waals surface area (Å²) in [6, 6.07) is 41.5. The Bertz CT molecular complexity index is 2450. The largest absolute Gasteiger partial charge is 0.507 e. The van der Waals surface area contributed by atoms with Gasteiger partial charge in [0.1, 0.15) is 10.8 Å². The van der Waals surface area contributed by atoms with Gasteiger partial charge in [0.25, 0.3) is 0 Å². The van der Waals surface area contributed by atoms with Crippen molar-refractivity contribution in [1.29, 1.82) is 0 Å². The Morgan fingerprint density at radius 1 is 0.556 bits per heavy atom. The van der Waals surface area contributed by atoms with Crippen molar-refractivity contribution in [1.82, 2.24) is 9.97 Å². The normalized spacial score (nSPS) is 13.0. The van der Waals surface area contributed by atoms with E-state index in [1.54, 1.807) is 11.3 Å². The molecule has 2 aromatic heterocycles. The second-order valence-electron chi connectivity index (χ2n) is 17.8. The highest BCUT2D eigenvalue weighted by Crippen LogP contribution is 2.45. The van der Waals surface area contributed by atoms with Gasteiger partial charge in [-0.25, -0.2) is 4.98 Å². The number of aromatic nitrogens is 2. The minimum atomic E-state index is -0.221. The van der Waals surface area contributed by atoms with E-state index < -0.39 is 0 Å². The zero-order valence-corrected chi connectivity index (χ0v) is 34.2. The summed E-state index contributed by atoms with van der Waals surface area (Å²) in [4.78, 5) is 10.2. The van der Waals surface area contributed by atoms with E-state index in [0.717, 1.165) is 54.3 Å². The van der Waals surface area contributed by atoms with E-state index in [1.807, 2.05) is 6.20 Å². The molecule has 0 saturated heterocycles. The van der Waals surface area contributed by atoms with Crippen molar-refractivity contribution in [2.24, 2.45) is 0 Å². The van der Waals surface area contributed by atoms with Gasteiger partial charge in [0.2, 0.25) is 0 Å². The van der Waals surface area contributed by atoms with Crippen LogP contribution in [0.5, 0.6) is 5.75 Å². The molecule has 2 heterocycles. The Kier molecular flexibility index (Phi) is 9.64. The fourth-order valence-corrected chi connectivity index (χ4v) is 8.14. The Morgan fingerprint density at radius 2 is 1.20 bits per heavy atom. The van der Waals surface area contributed by atoms with Gasteiger partial charge in [-0.3, -0.25) is 4.98 Å². The van der Waals surface area contributed by atoms with Crippen LogP contribution in [-0.4, -0.2) is 15.1 Å². The van der Waals surface area contributed by atoms with E-state index in [-0.39, 0.29) is 16.2 Å². The average molecular weight is 729 g/mol. The van der Waals surface area contributed by atoms with Crippen LogP contribution in [0.25, 0.3) is 54.3 Å². The highest BCUT2D eigenvalue weighted by atomic mass is 32.1. The first kappa shape index (κ1) is 37.3. The highest BCUT2D eigenvalue weighted by molar-refractivity contribution is 7.21. The molecule has 0 bridgehead atoms. The van der Waals surface area contributed by atoms with Gasteiger partial charge in [-0.15, -0.1) is 11.3 Å². The van der Waals surface area contributed by atoms with Gasteiger partial charge in [0.05, 0.1) is 21.5 Å². The molecule has 0 spiro atoms. The molecule has 0 aliphatic heterocycles. The molecule has 0 radical (unpaired) electrons. The lowest BCUT2D eigenvalue weighted by Gasteiger charge is -2.27. The van der Waals surface area contributed by atoms with Gasteiger partial charge in [0, 0.05) is 28.8 Å². The van der Waals surface area contributed by atoms with Crippen molar-refractivity contribution >= 4 is 21.6 Å². The van der Waals surface area contributed by atoms with E-state index in [2.05, 4.69) is 184 Å². The van der Waals surface area contributed by atoms with Gasteiger partial charge in [-0.2, -0.15) is 0 Å². The Balaban J connectivity index is 1.31. The molecule has 0 amide bonds. The van der Waals surface area contributed by atoms with Crippen LogP contribution in [0.15, 0.2) is 121 Å². The molecular weight excluding hydrogens is 677 g/mol. The number of benzene rings is 5. The number of thiazole rings is 1. The molecule has 7 rings (SSSR count). The molecule has 0 aliphatic rings. The third kappa shape index (κ3) is 7.50. The molecule has 0 saturated carbocycles. The molecule has 3 nitrogen and oxygen atoms in total. The SMILES string of the molecule is CC(c1ccccc1)c1ccc(-c2ccnc(-c3cc(-c4cccc5sc(-c6cc(C(C)(C)C)cc(C(C)(C)C)c6O)nc45)cc(C(C)(C)C)c3)c2)cc1. The van der Waals surface area contributed by atoms with Crippen LogP contribution < -0.4 is 0 Å². The minimum absolute atomic E-state index is 0.0795. The van der Waals surface area contributed by atoms with Crippen LogP contribution in [-0.2, 0) is 16.2 Å². The Hall–Kier alpha value is -5.06. The third-order valence-corrected chi connectivity index (χ3v) is 11.7. The molecule has 4 heteroatoms. The maximum Gasteiger partial charge on any atom is 0.129 e. The maximum absolute atomic E-state index is 11.7. The first-order valence-electron chi connectivity index (χ1n) is 19.0. The molecule has 54 heavy (non-hydrogen) atoms. The number of fused-ring (bicyclic) bond motifs is 1. The van der Waals surface area contributed by atoms with Gasteiger partial charge in [-0.05, 0) is 91.6 Å². The maximum atomic E-state index is 11.7. The monoisotopic (exact) mass is 728 g/mol. The lowest BCUT2D eigenvalue weighted by atomic mass is 9.79. The number of phenols is 1. The minimum Gasteiger partial charge on any atom is -0.507 e. The van der Waals surface area contributed by atoms with E-state index in [0.29, 0.717) is 11.7 Å². The van der Waals surface area contributed by atoms with Crippen LogP contribution in [0.4, 0.5) is 0 Å². The highest BCUT2D eigenvalue weighted by Gasteiger charge is 2.27. The number of pyridine rings is 1. The molecule has 0 aliphatic carbocycles. The molecule has 7 aromatic rings. The second-order valence-corrected chi connectivity index (χ2v) is 18.9. The third-order valence-electron chi connectivity index (χ3n) is 10.6. The smallest absolute Gasteiger partial charge is 0.129 e. The number of hydrogen-bond acceptors (Lipinski definition) is 4. The van der Waals surface area contributed by atoms with E-state index in [4.69, 9.17) is 9.97 Å². The topological polar surface area (TPSA) is 46.0 Å². The summed E-state index contributed by atoms with van der Waals surface area (Å²) in [5.41, 5.74) is 13.8. The van der Waals surface area contributed by atoms with Gasteiger partial charge >= 0.3 is 0 Å². The predicted octanol–water partition coefficient (Wildman–Crippen LogP) is 14.1. The molecular formula is C50H52N2OS. The first-order chi connectivity index (χ1) is 25.5. The zero-order chi connectivity index (χ0) is 38.6. The summed E-state index contributed by atoms with van der Waals surface area (Å²) in [5, 5.41) is 12.5. The number of nitrogens with zero attached hydrogens (tertiary/aromatic N) is 2. The summed E-state index contributed by atoms with van der Waals surface area (Å²) in [7, 11) is 0. The summed E-state index contributed by atoms with van der Waals surface area (Å²) in [6.45, 7) is 22.2. The summed E-state index contributed by atoms with van der Waals surface area (Å²) < 4.78 is 1.09. The van der Waals surface area contributed by atoms with Gasteiger partial charge in [-0.1, -0.05) is 148 Å². The average Bonchev–Trinajstić information content (AvgIpc) is 3.58. The second kappa shape index (κ2) is 14.0. The molecule has 0 fully saturated rings. The van der Waals surface area contributed by atoms with Gasteiger partial charge < -0.3 is 5.11 Å². The number of phenolic OH excluding ortho intramolecular Hbond substituents is 1. The van der Waals surface area contributed by atoms with Crippen molar-refractivity contribution < 1.29 is 5.11 Å². The molecule has 1 atom stereocenters. The summed E-state index contributed by atoms with van der Waals surface area (Å²) in [6.07, 6.45) is 1.92. The van der Waals surface area contributed by atoms with Crippen molar-refractivity contribution in [2.45, 2.75) is 91.4 Å². The van der Waals surface area contributed by atoms with Crippen LogP contribution in [0.1, 0.15) is 103 Å². The summed E-state index contributed by atoms with van der Waals surface area (Å²) in [5.74, 6) is 0.643. The predicted molar refractivity (Wildman–Crippen MR) is 231 cm³/mol. The van der Waals surface area contributed by atoms with Crippen molar-refractivity contribution in [3.8, 4) is 49.8 Å². The standard InChI is InChI=1S/C50H52N2OS/c1-31(32-15-12-11-13-16-32)33-19-21-34(22-20-33)35-23-24-51-43(28-35)37-25-36(26-38(27-37)48(2,3)4)40-17-14-18-44-45(40)52-47(54-44)41-29-39(49(5,6)7)30-42(46(41)53)50(8,9)10/h11-31,53H,1-10H3. The molecule has 5 aromatic carbocycles. The Morgan fingerprint density at radius 3 is 1.87 bits per heavy atom. The van der Waals surface area contributed by atoms with Crippen molar-refractivity contribution in [3.63, 3.8) is 0 Å². The summed E-state index contributed by atoms with van der Waals surface area (Å²) >= 11 is 1.64. The van der Waals surface area contributed by atoms with Crippen LogP contribution >= 0.6 is 11.3 Å². The lowest BCUT2D eigenvalue weighted by molar-refractivity contribution is 0.446. The number of para-hydroxylation sites is 1.